The highest BCUT2D eigenvalue weighted by Crippen LogP contribution is 2.35. The number of carbonyl (C=O) groups excluding carboxylic acids is 2. The molecule has 1 aliphatic heterocycles. The van der Waals surface area contributed by atoms with Gasteiger partial charge in [-0.2, -0.15) is 5.10 Å². The number of esters is 1. The van der Waals surface area contributed by atoms with Crippen molar-refractivity contribution in [3.63, 3.8) is 0 Å². The molecule has 0 saturated carbocycles. The molecule has 0 fully saturated rings. The van der Waals surface area contributed by atoms with Crippen LogP contribution in [-0.4, -0.2) is 89.7 Å². The molecule has 234 valence electrons. The first-order valence-corrected chi connectivity index (χ1v) is 13.8. The van der Waals surface area contributed by atoms with Crippen molar-refractivity contribution >= 4 is 23.5 Å². The molecule has 1 N–H and O–H groups in total. The third-order valence-corrected chi connectivity index (χ3v) is 6.11. The first kappa shape index (κ1) is 31.7. The number of nitrogens with zero attached hydrogens (tertiary/aromatic N) is 5. The van der Waals surface area contributed by atoms with Crippen molar-refractivity contribution in [1.29, 1.82) is 0 Å². The molecule has 3 aromatic rings. The standard InChI is InChI=1S/C28H37FN6O8/c1-7-40-26(36)21-11-32-35-13-22-24(33-23(21)35)34(17(2)14-41-22)12-18-8-19(29)9-30-25(18)42-20(15-39-16-38-6)10-31-27(37)43-28(3,4)5/h8-9,11,13,17,20H,7,10,12,14-16H2,1-6H3,(H,31,37)/t17-,20+/m1/s1. The average Bonchev–Trinajstić information content (AvgIpc) is 3.35. The zero-order valence-electron chi connectivity index (χ0n) is 25.1. The van der Waals surface area contributed by atoms with E-state index in [0.29, 0.717) is 23.7 Å². The third kappa shape index (κ3) is 8.20. The highest BCUT2D eigenvalue weighted by Gasteiger charge is 2.30. The summed E-state index contributed by atoms with van der Waals surface area (Å²) in [5.41, 5.74) is 0.222. The number of pyridine rings is 1. The molecule has 43 heavy (non-hydrogen) atoms. The number of rotatable bonds is 12. The van der Waals surface area contributed by atoms with Gasteiger partial charge in [-0.25, -0.2) is 28.5 Å². The van der Waals surface area contributed by atoms with Gasteiger partial charge in [-0.1, -0.05) is 0 Å². The molecule has 4 rings (SSSR count). The van der Waals surface area contributed by atoms with Gasteiger partial charge in [0.2, 0.25) is 5.88 Å². The predicted octanol–water partition coefficient (Wildman–Crippen LogP) is 3.12. The molecule has 0 unspecified atom stereocenters. The Morgan fingerprint density at radius 2 is 2.07 bits per heavy atom. The molecule has 0 radical (unpaired) electrons. The Morgan fingerprint density at radius 3 is 2.79 bits per heavy atom. The number of hydrogen-bond acceptors (Lipinski definition) is 12. The van der Waals surface area contributed by atoms with Gasteiger partial charge in [0.15, 0.2) is 17.2 Å². The fourth-order valence-corrected chi connectivity index (χ4v) is 4.22. The van der Waals surface area contributed by atoms with Crippen molar-refractivity contribution in [3.05, 3.63) is 41.6 Å². The Balaban J connectivity index is 1.61. The van der Waals surface area contributed by atoms with E-state index in [1.807, 2.05) is 11.8 Å². The van der Waals surface area contributed by atoms with E-state index in [0.717, 1.165) is 6.20 Å². The summed E-state index contributed by atoms with van der Waals surface area (Å²) in [6, 6.07) is 1.13. The molecule has 1 amide bonds. The number of carbonyl (C=O) groups is 2. The number of methoxy groups -OCH3 is 1. The molecule has 0 aliphatic carbocycles. The minimum atomic E-state index is -0.717. The fourth-order valence-electron chi connectivity index (χ4n) is 4.22. The number of fused-ring (bicyclic) bond motifs is 2. The van der Waals surface area contributed by atoms with Crippen molar-refractivity contribution in [2.75, 3.05) is 45.2 Å². The Morgan fingerprint density at radius 1 is 1.28 bits per heavy atom. The van der Waals surface area contributed by atoms with E-state index in [1.54, 1.807) is 33.9 Å². The van der Waals surface area contributed by atoms with Gasteiger partial charge < -0.3 is 38.6 Å². The van der Waals surface area contributed by atoms with Gasteiger partial charge in [0.05, 0.1) is 50.9 Å². The molecule has 15 heteroatoms. The minimum Gasteiger partial charge on any atom is -0.486 e. The Bertz CT molecular complexity index is 1430. The maximum Gasteiger partial charge on any atom is 0.407 e. The lowest BCUT2D eigenvalue weighted by atomic mass is 10.1. The highest BCUT2D eigenvalue weighted by molar-refractivity contribution is 5.96. The monoisotopic (exact) mass is 604 g/mol. The van der Waals surface area contributed by atoms with E-state index in [-0.39, 0.29) is 56.2 Å². The maximum atomic E-state index is 14.5. The summed E-state index contributed by atoms with van der Waals surface area (Å²) in [6.07, 6.45) is 2.72. The zero-order valence-corrected chi connectivity index (χ0v) is 25.1. The number of halogens is 1. The summed E-state index contributed by atoms with van der Waals surface area (Å²) in [5, 5.41) is 6.88. The predicted molar refractivity (Wildman–Crippen MR) is 151 cm³/mol. The molecule has 14 nitrogen and oxygen atoms in total. The van der Waals surface area contributed by atoms with Crippen LogP contribution in [0.2, 0.25) is 0 Å². The van der Waals surface area contributed by atoms with Gasteiger partial charge in [-0.15, -0.1) is 0 Å². The Kier molecular flexibility index (Phi) is 10.2. The lowest BCUT2D eigenvalue weighted by Crippen LogP contribution is -2.42. The number of amides is 1. The normalized spacial score (nSPS) is 15.4. The van der Waals surface area contributed by atoms with E-state index < -0.39 is 29.6 Å². The summed E-state index contributed by atoms with van der Waals surface area (Å²) in [5.74, 6) is -0.113. The molecule has 0 bridgehead atoms. The second-order valence-electron chi connectivity index (χ2n) is 10.8. The largest absolute Gasteiger partial charge is 0.486 e. The summed E-state index contributed by atoms with van der Waals surface area (Å²) in [4.78, 5) is 35.6. The number of ether oxygens (including phenoxy) is 6. The van der Waals surface area contributed by atoms with E-state index in [9.17, 15) is 14.0 Å². The van der Waals surface area contributed by atoms with Crippen molar-refractivity contribution in [2.24, 2.45) is 0 Å². The summed E-state index contributed by atoms with van der Waals surface area (Å²) in [7, 11) is 1.48. The van der Waals surface area contributed by atoms with Crippen LogP contribution in [0.3, 0.4) is 0 Å². The van der Waals surface area contributed by atoms with Gasteiger partial charge >= 0.3 is 12.1 Å². The van der Waals surface area contributed by atoms with Gasteiger partial charge in [-0.3, -0.25) is 0 Å². The zero-order chi connectivity index (χ0) is 31.1. The van der Waals surface area contributed by atoms with Gasteiger partial charge in [-0.05, 0) is 40.7 Å². The Labute approximate surface area is 248 Å². The first-order valence-electron chi connectivity index (χ1n) is 13.8. The summed E-state index contributed by atoms with van der Waals surface area (Å²) in [6.45, 7) is 9.62. The lowest BCUT2D eigenvalue weighted by molar-refractivity contribution is -0.0568. The van der Waals surface area contributed by atoms with Gasteiger partial charge in [0.1, 0.15) is 36.5 Å². The van der Waals surface area contributed by atoms with E-state index >= 15 is 0 Å². The average molecular weight is 605 g/mol. The quantitative estimate of drug-likeness (QED) is 0.184. The van der Waals surface area contributed by atoms with Crippen LogP contribution in [0.15, 0.2) is 24.7 Å². The minimum absolute atomic E-state index is 0.000595. The van der Waals surface area contributed by atoms with E-state index in [1.165, 1.54) is 23.9 Å². The molecule has 1 aliphatic rings. The SMILES string of the molecule is CCOC(=O)c1cnn2cc3c(nc12)N(Cc1cc(F)cnc1O[C@@H](CNC(=O)OC(C)(C)C)COCOC)[C@H](C)CO3. The molecule has 2 atom stereocenters. The first-order chi connectivity index (χ1) is 20.5. The molecule has 0 spiro atoms. The van der Waals surface area contributed by atoms with Crippen LogP contribution in [-0.2, 0) is 25.5 Å². The van der Waals surface area contributed by atoms with Gasteiger partial charge in [0.25, 0.3) is 0 Å². The van der Waals surface area contributed by atoms with E-state index in [4.69, 9.17) is 33.4 Å². The third-order valence-electron chi connectivity index (χ3n) is 6.11. The van der Waals surface area contributed by atoms with Crippen LogP contribution in [0.1, 0.15) is 50.5 Å². The van der Waals surface area contributed by atoms with Gasteiger partial charge in [0, 0.05) is 12.7 Å². The van der Waals surface area contributed by atoms with Crippen LogP contribution in [0, 0.1) is 5.82 Å². The van der Waals surface area contributed by atoms with Crippen molar-refractivity contribution in [3.8, 4) is 11.6 Å². The fraction of sp³-hybridized carbons (Fsp3) is 0.536. The number of anilines is 1. The van der Waals surface area contributed by atoms with Crippen LogP contribution < -0.4 is 19.7 Å². The molecule has 0 aromatic carbocycles. The molecule has 3 aromatic heterocycles. The van der Waals surface area contributed by atoms with E-state index in [2.05, 4.69) is 15.4 Å². The van der Waals surface area contributed by atoms with Crippen molar-refractivity contribution < 1.29 is 42.4 Å². The van der Waals surface area contributed by atoms with Crippen LogP contribution >= 0.6 is 0 Å². The number of hydrogen-bond donors (Lipinski definition) is 1. The van der Waals surface area contributed by atoms with Crippen molar-refractivity contribution in [1.82, 2.24) is 24.9 Å². The van der Waals surface area contributed by atoms with Crippen LogP contribution in [0.4, 0.5) is 15.0 Å². The summed E-state index contributed by atoms with van der Waals surface area (Å²) >= 11 is 0. The number of aromatic nitrogens is 4. The molecular formula is C28H37FN6O8. The second-order valence-corrected chi connectivity index (χ2v) is 10.8. The highest BCUT2D eigenvalue weighted by atomic mass is 19.1. The Hall–Kier alpha value is -4.24. The number of nitrogens with one attached hydrogen (secondary N) is 1. The lowest BCUT2D eigenvalue weighted by Gasteiger charge is -2.36. The maximum absolute atomic E-state index is 14.5. The number of alkyl carbamates (subject to hydrolysis) is 1. The summed E-state index contributed by atoms with van der Waals surface area (Å²) < 4.78 is 48.9. The molecular weight excluding hydrogens is 567 g/mol. The van der Waals surface area contributed by atoms with Crippen LogP contribution in [0.25, 0.3) is 5.65 Å². The topological polar surface area (TPSA) is 148 Å². The molecule has 0 saturated heterocycles. The second kappa shape index (κ2) is 13.8. The smallest absolute Gasteiger partial charge is 0.407 e. The van der Waals surface area contributed by atoms with Crippen molar-refractivity contribution in [2.45, 2.75) is 58.9 Å². The van der Waals surface area contributed by atoms with Crippen LogP contribution in [0.5, 0.6) is 11.6 Å². The molecule has 4 heterocycles.